The fourth-order valence-corrected chi connectivity index (χ4v) is 5.23. The molecule has 200 valence electrons. The van der Waals surface area contributed by atoms with Crippen molar-refractivity contribution in [2.75, 3.05) is 13.2 Å². The maximum Gasteiger partial charge on any atom is 0.303 e. The molecule has 4 aromatic rings. The van der Waals surface area contributed by atoms with E-state index in [-0.39, 0.29) is 18.3 Å². The summed E-state index contributed by atoms with van der Waals surface area (Å²) in [5.74, 6) is -0.306. The van der Waals surface area contributed by atoms with Crippen molar-refractivity contribution in [1.82, 2.24) is 9.88 Å². The summed E-state index contributed by atoms with van der Waals surface area (Å²) in [5, 5.41) is 10.9. The number of hydrogen-bond acceptors (Lipinski definition) is 5. The monoisotopic (exact) mass is 540 g/mol. The van der Waals surface area contributed by atoms with E-state index in [9.17, 15) is 9.59 Å². The van der Waals surface area contributed by atoms with Crippen molar-refractivity contribution in [3.8, 4) is 16.2 Å². The first-order valence-corrected chi connectivity index (χ1v) is 14.2. The van der Waals surface area contributed by atoms with E-state index in [0.717, 1.165) is 35.4 Å². The van der Waals surface area contributed by atoms with Crippen LogP contribution >= 0.6 is 11.3 Å². The molecule has 39 heavy (non-hydrogen) atoms. The molecule has 0 aliphatic heterocycles. The van der Waals surface area contributed by atoms with Crippen molar-refractivity contribution < 1.29 is 19.4 Å². The van der Waals surface area contributed by atoms with E-state index in [1.165, 1.54) is 4.88 Å². The molecule has 1 atom stereocenters. The van der Waals surface area contributed by atoms with E-state index in [0.29, 0.717) is 31.6 Å². The minimum absolute atomic E-state index is 0.0420. The van der Waals surface area contributed by atoms with Gasteiger partial charge in [-0.3, -0.25) is 14.6 Å². The fourth-order valence-electron chi connectivity index (χ4n) is 4.50. The Kier molecular flexibility index (Phi) is 10.3. The molecule has 8 heteroatoms. The highest BCUT2D eigenvalue weighted by Gasteiger charge is 2.25. The predicted octanol–water partition coefficient (Wildman–Crippen LogP) is 5.85. The number of benzene rings is 2. The average Bonchev–Trinajstić information content (AvgIpc) is 3.51. The van der Waals surface area contributed by atoms with Gasteiger partial charge in [0.2, 0.25) is 0 Å². The van der Waals surface area contributed by atoms with Crippen molar-refractivity contribution in [3.63, 3.8) is 0 Å². The van der Waals surface area contributed by atoms with Crippen LogP contribution in [0.5, 0.6) is 5.75 Å². The summed E-state index contributed by atoms with van der Waals surface area (Å²) in [6.45, 7) is 1.00. The number of pyridine rings is 1. The van der Waals surface area contributed by atoms with Crippen LogP contribution in [-0.4, -0.2) is 47.9 Å². The van der Waals surface area contributed by atoms with Crippen LogP contribution in [0.25, 0.3) is 10.4 Å². The van der Waals surface area contributed by atoms with Gasteiger partial charge in [-0.25, -0.2) is 0 Å². The Morgan fingerprint density at radius 2 is 1.74 bits per heavy atom. The number of carboxylic acids is 1. The van der Waals surface area contributed by atoms with Gasteiger partial charge in [0.15, 0.2) is 0 Å². The van der Waals surface area contributed by atoms with Crippen LogP contribution < -0.4 is 4.74 Å². The van der Waals surface area contributed by atoms with Gasteiger partial charge in [-0.05, 0) is 66.6 Å². The summed E-state index contributed by atoms with van der Waals surface area (Å²) >= 11 is 1.68. The molecular formula is C31H33BN2O4S. The van der Waals surface area contributed by atoms with E-state index in [2.05, 4.69) is 11.1 Å². The number of amides is 1. The number of carboxylic acid groups (broad SMARTS) is 1. The third-order valence-corrected chi connectivity index (χ3v) is 7.58. The van der Waals surface area contributed by atoms with Crippen molar-refractivity contribution in [1.29, 1.82) is 0 Å². The lowest BCUT2D eigenvalue weighted by molar-refractivity contribution is -0.137. The molecule has 0 spiro atoms. The van der Waals surface area contributed by atoms with Gasteiger partial charge in [-0.1, -0.05) is 42.5 Å². The zero-order valence-corrected chi connectivity index (χ0v) is 23.0. The van der Waals surface area contributed by atoms with Gasteiger partial charge in [0, 0.05) is 53.2 Å². The number of carbonyl (C=O) groups excluding carboxylic acids is 1. The lowest BCUT2D eigenvalue weighted by atomic mass is 9.86. The number of aromatic nitrogens is 1. The molecule has 2 heterocycles. The van der Waals surface area contributed by atoms with Crippen molar-refractivity contribution >= 4 is 31.1 Å². The first-order chi connectivity index (χ1) is 19.0. The molecule has 1 unspecified atom stereocenters. The summed E-state index contributed by atoms with van der Waals surface area (Å²) in [7, 11) is 2.03. The Balaban J connectivity index is 1.51. The van der Waals surface area contributed by atoms with Crippen LogP contribution in [0.1, 0.15) is 53.2 Å². The van der Waals surface area contributed by atoms with E-state index < -0.39 is 5.97 Å². The van der Waals surface area contributed by atoms with Crippen molar-refractivity contribution in [2.24, 2.45) is 0 Å². The summed E-state index contributed by atoms with van der Waals surface area (Å²) in [5.41, 5.74) is 3.60. The van der Waals surface area contributed by atoms with Crippen molar-refractivity contribution in [3.05, 3.63) is 107 Å². The third kappa shape index (κ3) is 8.04. The number of rotatable bonds is 14. The van der Waals surface area contributed by atoms with E-state index in [1.807, 2.05) is 90.9 Å². The average molecular weight is 540 g/mol. The minimum Gasteiger partial charge on any atom is -0.493 e. The standard InChI is InChI=1S/C31H33BN2O4S/c32-30(26-10-3-4-11-27(26)38-21-7-1-2-13-29(35)36)34(20-18-25-9-5-6-19-33-25)31(37)24-16-14-23(15-17-24)28-12-8-22-39-28/h3-6,8-12,14-17,19,22,30H,1-2,7,13,18,20-21,32H2,(H,35,36). The van der Waals surface area contributed by atoms with Crippen LogP contribution in [0, 0.1) is 0 Å². The number of nitrogens with zero attached hydrogens (tertiary/aromatic N) is 2. The second-order valence-electron chi connectivity index (χ2n) is 9.39. The SMILES string of the molecule is BC(c1ccccc1OCCCCCC(=O)O)N(CCc1ccccn1)C(=O)c1ccc(-c2cccs2)cc1. The summed E-state index contributed by atoms with van der Waals surface area (Å²) < 4.78 is 6.12. The highest BCUT2D eigenvalue weighted by molar-refractivity contribution is 7.13. The number of aliphatic carboxylic acids is 1. The van der Waals surface area contributed by atoms with Crippen LogP contribution in [0.3, 0.4) is 0 Å². The first-order valence-electron chi connectivity index (χ1n) is 13.3. The smallest absolute Gasteiger partial charge is 0.303 e. The molecule has 1 N–H and O–H groups in total. The molecule has 0 saturated carbocycles. The zero-order chi connectivity index (χ0) is 27.5. The molecule has 4 rings (SSSR count). The number of unbranched alkanes of at least 4 members (excludes halogenated alkanes) is 2. The summed E-state index contributed by atoms with van der Waals surface area (Å²) in [6.07, 6.45) is 4.78. The number of carbonyl (C=O) groups is 2. The Morgan fingerprint density at radius 3 is 2.46 bits per heavy atom. The van der Waals surface area contributed by atoms with Crippen molar-refractivity contribution in [2.45, 2.75) is 38.0 Å². The van der Waals surface area contributed by atoms with Crippen LogP contribution in [0.15, 0.2) is 90.4 Å². The number of ether oxygens (including phenoxy) is 1. The highest BCUT2D eigenvalue weighted by Crippen LogP contribution is 2.30. The number of thiophene rings is 1. The maximum absolute atomic E-state index is 13.9. The van der Waals surface area contributed by atoms with Gasteiger partial charge < -0.3 is 14.7 Å². The Labute approximate surface area is 234 Å². The lowest BCUT2D eigenvalue weighted by Crippen LogP contribution is -2.37. The van der Waals surface area contributed by atoms with Gasteiger partial charge in [0.25, 0.3) is 5.91 Å². The zero-order valence-electron chi connectivity index (χ0n) is 22.2. The molecule has 0 bridgehead atoms. The van der Waals surface area contributed by atoms with Gasteiger partial charge in [0.05, 0.1) is 6.61 Å². The Morgan fingerprint density at radius 1 is 0.949 bits per heavy atom. The van der Waals surface area contributed by atoms with Crippen LogP contribution in [-0.2, 0) is 11.2 Å². The number of hydrogen-bond donors (Lipinski definition) is 1. The number of para-hydroxylation sites is 1. The molecule has 0 aliphatic rings. The van der Waals surface area contributed by atoms with Gasteiger partial charge >= 0.3 is 5.97 Å². The first kappa shape index (κ1) is 28.1. The summed E-state index contributed by atoms with van der Waals surface area (Å²) in [6, 6.07) is 25.6. The van der Waals surface area contributed by atoms with E-state index in [1.54, 1.807) is 17.5 Å². The predicted molar refractivity (Wildman–Crippen MR) is 158 cm³/mol. The van der Waals surface area contributed by atoms with Gasteiger partial charge in [-0.15, -0.1) is 11.3 Å². The minimum atomic E-state index is -0.772. The second kappa shape index (κ2) is 14.3. The topological polar surface area (TPSA) is 79.7 Å². The Hall–Kier alpha value is -3.91. The van der Waals surface area contributed by atoms with Crippen LogP contribution in [0.4, 0.5) is 0 Å². The molecule has 2 aromatic carbocycles. The molecule has 2 aromatic heterocycles. The quantitative estimate of drug-likeness (QED) is 0.160. The van der Waals surface area contributed by atoms with Gasteiger partial charge in [-0.2, -0.15) is 0 Å². The molecule has 1 amide bonds. The van der Waals surface area contributed by atoms with E-state index in [4.69, 9.17) is 9.84 Å². The molecule has 0 fully saturated rings. The van der Waals surface area contributed by atoms with Gasteiger partial charge in [0.1, 0.15) is 13.6 Å². The summed E-state index contributed by atoms with van der Waals surface area (Å²) in [4.78, 5) is 32.2. The molecule has 0 radical (unpaired) electrons. The van der Waals surface area contributed by atoms with Crippen LogP contribution in [0.2, 0.25) is 0 Å². The normalized spacial score (nSPS) is 11.6. The molecular weight excluding hydrogens is 507 g/mol. The Bertz CT molecular complexity index is 1330. The fraction of sp³-hybridized carbons (Fsp3) is 0.258. The highest BCUT2D eigenvalue weighted by atomic mass is 32.1. The maximum atomic E-state index is 13.9. The molecule has 6 nitrogen and oxygen atoms in total. The second-order valence-corrected chi connectivity index (χ2v) is 10.3. The molecule has 0 aliphatic carbocycles. The van der Waals surface area contributed by atoms with E-state index >= 15 is 0 Å². The largest absolute Gasteiger partial charge is 0.493 e. The molecule has 0 saturated heterocycles. The lowest BCUT2D eigenvalue weighted by Gasteiger charge is -2.31. The third-order valence-electron chi connectivity index (χ3n) is 6.66.